The minimum absolute atomic E-state index is 0.170. The van der Waals surface area contributed by atoms with Crippen molar-refractivity contribution in [2.45, 2.75) is 25.5 Å². The Balaban J connectivity index is 1.54. The van der Waals surface area contributed by atoms with Crippen molar-refractivity contribution in [2.24, 2.45) is 5.10 Å². The third-order valence-electron chi connectivity index (χ3n) is 3.86. The average molecular weight is 382 g/mol. The maximum absolute atomic E-state index is 12.1. The van der Waals surface area contributed by atoms with E-state index < -0.39 is 0 Å². The van der Waals surface area contributed by atoms with Crippen LogP contribution in [0.2, 0.25) is 0 Å². The molecule has 1 aromatic heterocycles. The Hall–Kier alpha value is -2.80. The van der Waals surface area contributed by atoms with E-state index in [-0.39, 0.29) is 11.7 Å². The van der Waals surface area contributed by atoms with Crippen LogP contribution in [0.4, 0.5) is 0 Å². The normalized spacial score (nSPS) is 11.2. The number of aromatic nitrogens is 2. The van der Waals surface area contributed by atoms with Gasteiger partial charge in [-0.2, -0.15) is 5.10 Å². The SMILES string of the molecule is CCOc1ccc(/C=N/NC(=O)CSc2nc3ccccc3n2CC)cc1. The first-order chi connectivity index (χ1) is 13.2. The third-order valence-corrected chi connectivity index (χ3v) is 4.84. The molecule has 0 fully saturated rings. The van der Waals surface area contributed by atoms with Gasteiger partial charge in [0.05, 0.1) is 29.6 Å². The number of carbonyl (C=O) groups is 1. The van der Waals surface area contributed by atoms with Crippen molar-refractivity contribution in [3.8, 4) is 5.75 Å². The minimum Gasteiger partial charge on any atom is -0.494 e. The quantitative estimate of drug-likeness (QED) is 0.366. The molecule has 0 aliphatic heterocycles. The number of fused-ring (bicyclic) bond motifs is 1. The molecule has 1 N–H and O–H groups in total. The van der Waals surface area contributed by atoms with Crippen LogP contribution in [-0.2, 0) is 11.3 Å². The summed E-state index contributed by atoms with van der Waals surface area (Å²) in [6, 6.07) is 15.5. The standard InChI is InChI=1S/C20H22N4O2S/c1-3-24-18-8-6-5-7-17(18)22-20(24)27-14-19(25)23-21-13-15-9-11-16(12-10-15)26-4-2/h5-13H,3-4,14H2,1-2H3,(H,23,25)/b21-13+. The second kappa shape index (κ2) is 9.23. The Labute approximate surface area is 162 Å². The highest BCUT2D eigenvalue weighted by atomic mass is 32.2. The highest BCUT2D eigenvalue weighted by molar-refractivity contribution is 7.99. The predicted molar refractivity (Wildman–Crippen MR) is 109 cm³/mol. The van der Waals surface area contributed by atoms with Crippen molar-refractivity contribution in [1.82, 2.24) is 15.0 Å². The third kappa shape index (κ3) is 4.89. The van der Waals surface area contributed by atoms with Crippen molar-refractivity contribution in [1.29, 1.82) is 0 Å². The molecule has 7 heteroatoms. The fraction of sp³-hybridized carbons (Fsp3) is 0.250. The monoisotopic (exact) mass is 382 g/mol. The molecule has 0 spiro atoms. The van der Waals surface area contributed by atoms with Gasteiger partial charge in [-0.1, -0.05) is 23.9 Å². The molecule has 27 heavy (non-hydrogen) atoms. The number of ether oxygens (including phenoxy) is 1. The summed E-state index contributed by atoms with van der Waals surface area (Å²) in [5.41, 5.74) is 5.46. The van der Waals surface area contributed by atoms with Crippen molar-refractivity contribution in [3.05, 3.63) is 54.1 Å². The molecule has 0 aliphatic rings. The van der Waals surface area contributed by atoms with Crippen LogP contribution in [0.1, 0.15) is 19.4 Å². The van der Waals surface area contributed by atoms with E-state index in [1.807, 2.05) is 55.5 Å². The molecule has 0 unspecified atom stereocenters. The highest BCUT2D eigenvalue weighted by Gasteiger charge is 2.11. The van der Waals surface area contributed by atoms with Gasteiger partial charge in [0.25, 0.3) is 5.91 Å². The Morgan fingerprint density at radius 3 is 2.74 bits per heavy atom. The number of benzene rings is 2. The van der Waals surface area contributed by atoms with Gasteiger partial charge in [0, 0.05) is 6.54 Å². The summed E-state index contributed by atoms with van der Waals surface area (Å²) in [4.78, 5) is 16.7. The molecule has 0 aliphatic carbocycles. The van der Waals surface area contributed by atoms with Crippen LogP contribution in [0.5, 0.6) is 5.75 Å². The van der Waals surface area contributed by atoms with E-state index in [1.165, 1.54) is 11.8 Å². The molecule has 3 rings (SSSR count). The average Bonchev–Trinajstić information content (AvgIpc) is 3.05. The summed E-state index contributed by atoms with van der Waals surface area (Å²) in [5.74, 6) is 0.898. The molecule has 6 nitrogen and oxygen atoms in total. The van der Waals surface area contributed by atoms with Gasteiger partial charge in [0.1, 0.15) is 5.75 Å². The Kier molecular flexibility index (Phi) is 6.49. The van der Waals surface area contributed by atoms with Crippen LogP contribution in [0.15, 0.2) is 58.8 Å². The lowest BCUT2D eigenvalue weighted by molar-refractivity contribution is -0.118. The lowest BCUT2D eigenvalue weighted by Crippen LogP contribution is -2.20. The summed E-state index contributed by atoms with van der Waals surface area (Å²) in [5, 5.41) is 4.85. The van der Waals surface area contributed by atoms with Crippen LogP contribution in [0.25, 0.3) is 11.0 Å². The van der Waals surface area contributed by atoms with Gasteiger partial charge < -0.3 is 9.30 Å². The fourth-order valence-corrected chi connectivity index (χ4v) is 3.50. The van der Waals surface area contributed by atoms with E-state index in [0.29, 0.717) is 6.61 Å². The maximum Gasteiger partial charge on any atom is 0.250 e. The number of nitrogens with one attached hydrogen (secondary N) is 1. The molecule has 0 atom stereocenters. The first-order valence-electron chi connectivity index (χ1n) is 8.84. The summed E-state index contributed by atoms with van der Waals surface area (Å²) < 4.78 is 7.50. The highest BCUT2D eigenvalue weighted by Crippen LogP contribution is 2.23. The van der Waals surface area contributed by atoms with Crippen molar-refractivity contribution < 1.29 is 9.53 Å². The number of hydrazone groups is 1. The zero-order chi connectivity index (χ0) is 19.1. The zero-order valence-electron chi connectivity index (χ0n) is 15.4. The second-order valence-electron chi connectivity index (χ2n) is 5.71. The molecule has 0 saturated heterocycles. The number of aryl methyl sites for hydroxylation is 1. The topological polar surface area (TPSA) is 68.5 Å². The molecule has 1 heterocycles. The molecule has 3 aromatic rings. The van der Waals surface area contributed by atoms with E-state index in [9.17, 15) is 4.79 Å². The van der Waals surface area contributed by atoms with Gasteiger partial charge in [-0.3, -0.25) is 4.79 Å². The van der Waals surface area contributed by atoms with Gasteiger partial charge in [0.2, 0.25) is 0 Å². The first-order valence-corrected chi connectivity index (χ1v) is 9.82. The lowest BCUT2D eigenvalue weighted by atomic mass is 10.2. The smallest absolute Gasteiger partial charge is 0.250 e. The van der Waals surface area contributed by atoms with Crippen molar-refractivity contribution in [3.63, 3.8) is 0 Å². The van der Waals surface area contributed by atoms with Crippen molar-refractivity contribution >= 4 is 34.9 Å². The summed E-state index contributed by atoms with van der Waals surface area (Å²) in [7, 11) is 0. The number of hydrogen-bond acceptors (Lipinski definition) is 5. The summed E-state index contributed by atoms with van der Waals surface area (Å²) in [6.45, 7) is 5.45. The summed E-state index contributed by atoms with van der Waals surface area (Å²) >= 11 is 1.41. The van der Waals surface area contributed by atoms with E-state index in [4.69, 9.17) is 4.74 Å². The number of imidazole rings is 1. The predicted octanol–water partition coefficient (Wildman–Crippen LogP) is 3.70. The van der Waals surface area contributed by atoms with Crippen molar-refractivity contribution in [2.75, 3.05) is 12.4 Å². The number of hydrogen-bond donors (Lipinski definition) is 1. The minimum atomic E-state index is -0.170. The second-order valence-corrected chi connectivity index (χ2v) is 6.65. The molecular formula is C20H22N4O2S. The molecule has 2 aromatic carbocycles. The van der Waals surface area contributed by atoms with Crippen LogP contribution >= 0.6 is 11.8 Å². The Bertz CT molecular complexity index is 935. The van der Waals surface area contributed by atoms with E-state index >= 15 is 0 Å². The Morgan fingerprint density at radius 1 is 1.22 bits per heavy atom. The van der Waals surface area contributed by atoms with E-state index in [0.717, 1.165) is 34.0 Å². The molecule has 0 radical (unpaired) electrons. The van der Waals surface area contributed by atoms with Gasteiger partial charge in [0.15, 0.2) is 5.16 Å². The van der Waals surface area contributed by atoms with Crippen LogP contribution in [0.3, 0.4) is 0 Å². The van der Waals surface area contributed by atoms with Crippen LogP contribution in [-0.4, -0.2) is 34.0 Å². The number of para-hydroxylation sites is 2. The van der Waals surface area contributed by atoms with E-state index in [1.54, 1.807) is 6.21 Å². The number of amides is 1. The van der Waals surface area contributed by atoms with Gasteiger partial charge in [-0.15, -0.1) is 0 Å². The zero-order valence-corrected chi connectivity index (χ0v) is 16.2. The Morgan fingerprint density at radius 2 is 2.00 bits per heavy atom. The largest absolute Gasteiger partial charge is 0.494 e. The van der Waals surface area contributed by atoms with Crippen LogP contribution < -0.4 is 10.2 Å². The first kappa shape index (κ1) is 19.0. The lowest BCUT2D eigenvalue weighted by Gasteiger charge is -2.05. The van der Waals surface area contributed by atoms with Gasteiger partial charge >= 0.3 is 0 Å². The number of nitrogens with zero attached hydrogens (tertiary/aromatic N) is 3. The molecule has 1 amide bonds. The number of thioether (sulfide) groups is 1. The molecule has 140 valence electrons. The maximum atomic E-state index is 12.1. The number of carbonyl (C=O) groups excluding carboxylic acids is 1. The molecule has 0 bridgehead atoms. The van der Waals surface area contributed by atoms with Crippen LogP contribution in [0, 0.1) is 0 Å². The summed E-state index contributed by atoms with van der Waals surface area (Å²) in [6.07, 6.45) is 1.61. The molecular weight excluding hydrogens is 360 g/mol. The van der Waals surface area contributed by atoms with Gasteiger partial charge in [-0.25, -0.2) is 10.4 Å². The van der Waals surface area contributed by atoms with E-state index in [2.05, 4.69) is 27.0 Å². The fourth-order valence-electron chi connectivity index (χ4n) is 2.63. The molecule has 0 saturated carbocycles. The number of rotatable bonds is 8. The van der Waals surface area contributed by atoms with Gasteiger partial charge in [-0.05, 0) is 55.8 Å².